The molecular formula is C12H20N2O. The molecule has 1 saturated carbocycles. The molecule has 2 unspecified atom stereocenters. The highest BCUT2D eigenvalue weighted by Gasteiger charge is 2.50. The third-order valence-electron chi connectivity index (χ3n) is 4.41. The largest absolute Gasteiger partial charge is 0.338 e. The first-order valence-corrected chi connectivity index (χ1v) is 6.25. The molecule has 0 aromatic heterocycles. The first-order valence-electron chi connectivity index (χ1n) is 6.25. The van der Waals surface area contributed by atoms with E-state index in [1.807, 2.05) is 0 Å². The van der Waals surface area contributed by atoms with Crippen molar-refractivity contribution in [1.29, 1.82) is 0 Å². The normalized spacial score (nSPS) is 37.5. The molecule has 3 fully saturated rings. The second-order valence-electron chi connectivity index (χ2n) is 5.62. The zero-order valence-corrected chi connectivity index (χ0v) is 9.46. The van der Waals surface area contributed by atoms with Crippen LogP contribution in [0, 0.1) is 5.41 Å². The molecule has 84 valence electrons. The highest BCUT2D eigenvalue weighted by molar-refractivity contribution is 5.85. The molecule has 2 aliphatic heterocycles. The number of fused-ring (bicyclic) bond motifs is 1. The maximum Gasteiger partial charge on any atom is 0.228 e. The molecule has 3 heteroatoms. The highest BCUT2D eigenvalue weighted by Crippen LogP contribution is 2.47. The maximum atomic E-state index is 12.3. The van der Waals surface area contributed by atoms with Crippen LogP contribution in [0.3, 0.4) is 0 Å². The van der Waals surface area contributed by atoms with Gasteiger partial charge in [-0.1, -0.05) is 6.92 Å². The van der Waals surface area contributed by atoms with Gasteiger partial charge in [0.2, 0.25) is 5.91 Å². The summed E-state index contributed by atoms with van der Waals surface area (Å²) in [6.45, 7) is 4.25. The Bertz CT molecular complexity index is 285. The molecule has 2 atom stereocenters. The molecule has 3 nitrogen and oxygen atoms in total. The Labute approximate surface area is 91.2 Å². The minimum atomic E-state index is 0.0202. The molecule has 3 rings (SSSR count). The molecule has 0 bridgehead atoms. The molecule has 15 heavy (non-hydrogen) atoms. The van der Waals surface area contributed by atoms with E-state index in [-0.39, 0.29) is 5.41 Å². The highest BCUT2D eigenvalue weighted by atomic mass is 16.2. The zero-order valence-electron chi connectivity index (χ0n) is 9.46. The van der Waals surface area contributed by atoms with Crippen LogP contribution >= 0.6 is 0 Å². The Balaban J connectivity index is 1.74. The fourth-order valence-electron chi connectivity index (χ4n) is 3.05. The van der Waals surface area contributed by atoms with E-state index in [9.17, 15) is 4.79 Å². The number of carbonyl (C=O) groups is 1. The Kier molecular flexibility index (Phi) is 2.06. The van der Waals surface area contributed by atoms with Crippen LogP contribution < -0.4 is 5.32 Å². The number of nitrogens with zero attached hydrogens (tertiary/aromatic N) is 1. The predicted octanol–water partition coefficient (Wildman–Crippen LogP) is 1.14. The molecule has 1 N–H and O–H groups in total. The average molecular weight is 208 g/mol. The van der Waals surface area contributed by atoms with Crippen LogP contribution in [0.5, 0.6) is 0 Å². The number of hydrogen-bond acceptors (Lipinski definition) is 2. The Morgan fingerprint density at radius 2 is 2.20 bits per heavy atom. The third-order valence-corrected chi connectivity index (χ3v) is 4.41. The van der Waals surface area contributed by atoms with Gasteiger partial charge in [0.15, 0.2) is 0 Å². The number of rotatable bonds is 1. The van der Waals surface area contributed by atoms with Crippen LogP contribution in [0.1, 0.15) is 39.0 Å². The lowest BCUT2D eigenvalue weighted by molar-refractivity contribution is -0.137. The van der Waals surface area contributed by atoms with Crippen molar-refractivity contribution in [1.82, 2.24) is 10.2 Å². The fraction of sp³-hybridized carbons (Fsp3) is 0.917. The number of piperidine rings is 1. The quantitative estimate of drug-likeness (QED) is 0.701. The van der Waals surface area contributed by atoms with E-state index >= 15 is 0 Å². The van der Waals surface area contributed by atoms with E-state index in [0.717, 1.165) is 32.4 Å². The smallest absolute Gasteiger partial charge is 0.228 e. The summed E-state index contributed by atoms with van der Waals surface area (Å²) in [7, 11) is 0. The molecule has 0 spiro atoms. The van der Waals surface area contributed by atoms with Gasteiger partial charge in [0.1, 0.15) is 0 Å². The summed E-state index contributed by atoms with van der Waals surface area (Å²) >= 11 is 0. The van der Waals surface area contributed by atoms with E-state index in [1.54, 1.807) is 0 Å². The van der Waals surface area contributed by atoms with Crippen LogP contribution in [-0.4, -0.2) is 36.0 Å². The second kappa shape index (κ2) is 3.21. The summed E-state index contributed by atoms with van der Waals surface area (Å²) in [4.78, 5) is 14.5. The molecule has 0 radical (unpaired) electrons. The van der Waals surface area contributed by atoms with Gasteiger partial charge < -0.3 is 10.2 Å². The average Bonchev–Trinajstić information content (AvgIpc) is 2.87. The van der Waals surface area contributed by atoms with E-state index in [0.29, 0.717) is 18.0 Å². The van der Waals surface area contributed by atoms with Gasteiger partial charge in [0, 0.05) is 24.0 Å². The standard InChI is InChI=1S/C12H20N2O/c1-12(5-6-12)11(15)14-8-4-9-10(14)3-2-7-13-9/h9-10,13H,2-8H2,1H3. The Morgan fingerprint density at radius 3 is 2.93 bits per heavy atom. The monoisotopic (exact) mass is 208 g/mol. The van der Waals surface area contributed by atoms with Gasteiger partial charge in [-0.3, -0.25) is 4.79 Å². The lowest BCUT2D eigenvalue weighted by atomic mass is 9.98. The van der Waals surface area contributed by atoms with Gasteiger partial charge in [-0.2, -0.15) is 0 Å². The van der Waals surface area contributed by atoms with Crippen LogP contribution in [0.2, 0.25) is 0 Å². The van der Waals surface area contributed by atoms with E-state index < -0.39 is 0 Å². The minimum Gasteiger partial charge on any atom is -0.338 e. The molecule has 1 amide bonds. The van der Waals surface area contributed by atoms with Gasteiger partial charge in [0.25, 0.3) is 0 Å². The van der Waals surface area contributed by atoms with Crippen molar-refractivity contribution in [2.75, 3.05) is 13.1 Å². The Morgan fingerprint density at radius 1 is 1.40 bits per heavy atom. The molecule has 2 heterocycles. The number of nitrogens with one attached hydrogen (secondary N) is 1. The predicted molar refractivity (Wildman–Crippen MR) is 58.5 cm³/mol. The third kappa shape index (κ3) is 1.48. The number of hydrogen-bond donors (Lipinski definition) is 1. The van der Waals surface area contributed by atoms with Gasteiger partial charge in [-0.05, 0) is 38.6 Å². The lowest BCUT2D eigenvalue weighted by Gasteiger charge is -2.33. The number of carbonyl (C=O) groups excluding carboxylic acids is 1. The summed E-state index contributed by atoms with van der Waals surface area (Å²) < 4.78 is 0. The summed E-state index contributed by atoms with van der Waals surface area (Å²) in [5.41, 5.74) is 0.0202. The van der Waals surface area contributed by atoms with Gasteiger partial charge in [-0.15, -0.1) is 0 Å². The first kappa shape index (κ1) is 9.64. The van der Waals surface area contributed by atoms with Crippen LogP contribution in [0.4, 0.5) is 0 Å². The van der Waals surface area contributed by atoms with Crippen LogP contribution in [-0.2, 0) is 4.79 Å². The molecule has 2 saturated heterocycles. The van der Waals surface area contributed by atoms with Crippen molar-refractivity contribution in [3.63, 3.8) is 0 Å². The van der Waals surface area contributed by atoms with E-state index in [4.69, 9.17) is 0 Å². The minimum absolute atomic E-state index is 0.0202. The summed E-state index contributed by atoms with van der Waals surface area (Å²) in [6.07, 6.45) is 5.80. The SMILES string of the molecule is CC1(C(=O)N2CCC3NCCCC32)CC1. The zero-order chi connectivity index (χ0) is 10.5. The molecular weight excluding hydrogens is 188 g/mol. The second-order valence-corrected chi connectivity index (χ2v) is 5.62. The molecule has 0 aromatic rings. The summed E-state index contributed by atoms with van der Waals surface area (Å²) in [5, 5.41) is 3.54. The summed E-state index contributed by atoms with van der Waals surface area (Å²) in [5.74, 6) is 0.429. The Hall–Kier alpha value is -0.570. The van der Waals surface area contributed by atoms with Crippen molar-refractivity contribution >= 4 is 5.91 Å². The van der Waals surface area contributed by atoms with Crippen LogP contribution in [0.25, 0.3) is 0 Å². The van der Waals surface area contributed by atoms with Gasteiger partial charge >= 0.3 is 0 Å². The number of amides is 1. The lowest BCUT2D eigenvalue weighted by Crippen LogP contribution is -2.49. The van der Waals surface area contributed by atoms with Crippen molar-refractivity contribution < 1.29 is 4.79 Å². The topological polar surface area (TPSA) is 32.3 Å². The molecule has 3 aliphatic rings. The first-order chi connectivity index (χ1) is 7.21. The molecule has 1 aliphatic carbocycles. The maximum absolute atomic E-state index is 12.3. The van der Waals surface area contributed by atoms with Crippen LogP contribution in [0.15, 0.2) is 0 Å². The van der Waals surface area contributed by atoms with Crippen molar-refractivity contribution in [3.8, 4) is 0 Å². The van der Waals surface area contributed by atoms with Crippen molar-refractivity contribution in [2.45, 2.75) is 51.1 Å². The van der Waals surface area contributed by atoms with Crippen molar-refractivity contribution in [2.24, 2.45) is 5.41 Å². The number of likely N-dealkylation sites (tertiary alicyclic amines) is 1. The van der Waals surface area contributed by atoms with E-state index in [1.165, 1.54) is 12.8 Å². The van der Waals surface area contributed by atoms with Crippen molar-refractivity contribution in [3.05, 3.63) is 0 Å². The fourth-order valence-corrected chi connectivity index (χ4v) is 3.05. The molecule has 0 aromatic carbocycles. The van der Waals surface area contributed by atoms with E-state index in [2.05, 4.69) is 17.1 Å². The van der Waals surface area contributed by atoms with Gasteiger partial charge in [-0.25, -0.2) is 0 Å². The summed E-state index contributed by atoms with van der Waals surface area (Å²) in [6, 6.07) is 1.09. The van der Waals surface area contributed by atoms with Gasteiger partial charge in [0.05, 0.1) is 0 Å².